The molecule has 1 aromatic carbocycles. The van der Waals surface area contributed by atoms with E-state index in [0.717, 1.165) is 29.8 Å². The second-order valence-electron chi connectivity index (χ2n) is 6.82. The molecule has 1 aromatic rings. The Labute approximate surface area is 148 Å². The molecule has 0 aromatic heterocycles. The van der Waals surface area contributed by atoms with Crippen LogP contribution in [-0.2, 0) is 11.3 Å². The molecule has 0 radical (unpaired) electrons. The largest absolute Gasteiger partial charge is 0.417 e. The van der Waals surface area contributed by atoms with Gasteiger partial charge in [-0.2, -0.15) is 10.2 Å². The van der Waals surface area contributed by atoms with Crippen molar-refractivity contribution in [2.75, 3.05) is 20.6 Å². The number of rotatable bonds is 4. The summed E-state index contributed by atoms with van der Waals surface area (Å²) in [6, 6.07) is 11.6. The summed E-state index contributed by atoms with van der Waals surface area (Å²) in [7, 11) is 3.07. The lowest BCUT2D eigenvalue weighted by atomic mass is 9.85. The van der Waals surface area contributed by atoms with E-state index in [1.165, 1.54) is 18.4 Å². The number of imide groups is 1. The normalized spacial score (nSPS) is 23.3. The lowest BCUT2D eigenvalue weighted by Crippen LogP contribution is -2.59. The Morgan fingerprint density at radius 3 is 2.40 bits per heavy atom. The van der Waals surface area contributed by atoms with E-state index in [2.05, 4.69) is 10.6 Å². The van der Waals surface area contributed by atoms with Crippen LogP contribution in [0.2, 0.25) is 0 Å². The number of urea groups is 1. The minimum atomic E-state index is -0.948. The first-order valence-electron chi connectivity index (χ1n) is 8.63. The quantitative estimate of drug-likeness (QED) is 0.789. The van der Waals surface area contributed by atoms with Gasteiger partial charge in [0.15, 0.2) is 0 Å². The lowest BCUT2D eigenvalue weighted by Gasteiger charge is -2.32. The van der Waals surface area contributed by atoms with Gasteiger partial charge in [-0.3, -0.25) is 9.37 Å². The Kier molecular flexibility index (Phi) is 4.84. The molecular formula is C19H23N4O2+. The van der Waals surface area contributed by atoms with Crippen molar-refractivity contribution in [3.05, 3.63) is 35.9 Å². The van der Waals surface area contributed by atoms with Crippen LogP contribution in [0.4, 0.5) is 4.79 Å². The molecule has 1 saturated carbocycles. The number of carbonyl (C=O) groups is 2. The lowest BCUT2D eigenvalue weighted by molar-refractivity contribution is -0.558. The second kappa shape index (κ2) is 7.06. The van der Waals surface area contributed by atoms with Crippen molar-refractivity contribution < 1.29 is 14.2 Å². The second-order valence-corrected chi connectivity index (χ2v) is 6.82. The molecule has 1 atom stereocenters. The van der Waals surface area contributed by atoms with Crippen molar-refractivity contribution in [3.8, 4) is 6.07 Å². The molecule has 3 amide bonds. The van der Waals surface area contributed by atoms with Crippen molar-refractivity contribution in [3.63, 3.8) is 0 Å². The highest BCUT2D eigenvalue weighted by Gasteiger charge is 2.48. The molecule has 2 aliphatic rings. The predicted molar refractivity (Wildman–Crippen MR) is 92.7 cm³/mol. The molecule has 6 heteroatoms. The standard InChI is InChI=1S/C19H23N4O2/c1-21-17(16(11-20)18(24)22(2)19(21)25)23(13-15-9-6-10-15)12-14-7-4-3-5-8-14/h3-5,7-8,15-16H,6,9-10,12-13H2,1-2H3/q+1. The number of nitrogens with zero attached hydrogens (tertiary/aromatic N) is 4. The van der Waals surface area contributed by atoms with E-state index in [-0.39, 0.29) is 0 Å². The van der Waals surface area contributed by atoms with Crippen LogP contribution in [0.1, 0.15) is 24.8 Å². The van der Waals surface area contributed by atoms with Gasteiger partial charge in [-0.25, -0.2) is 9.69 Å². The van der Waals surface area contributed by atoms with E-state index in [0.29, 0.717) is 18.3 Å². The Hall–Kier alpha value is -2.68. The summed E-state index contributed by atoms with van der Waals surface area (Å²) in [5, 5.41) is 9.59. The van der Waals surface area contributed by atoms with Crippen molar-refractivity contribution in [1.29, 1.82) is 5.26 Å². The Balaban J connectivity index is 2.04. The molecule has 0 bridgehead atoms. The summed E-state index contributed by atoms with van der Waals surface area (Å²) in [5.74, 6) is -0.344. The van der Waals surface area contributed by atoms with Crippen LogP contribution in [0.25, 0.3) is 0 Å². The van der Waals surface area contributed by atoms with Gasteiger partial charge >= 0.3 is 6.03 Å². The first kappa shape index (κ1) is 17.2. The third kappa shape index (κ3) is 3.27. The Morgan fingerprint density at radius 1 is 1.16 bits per heavy atom. The van der Waals surface area contributed by atoms with E-state index in [1.54, 1.807) is 7.05 Å². The first-order valence-corrected chi connectivity index (χ1v) is 8.63. The van der Waals surface area contributed by atoms with Crippen molar-refractivity contribution in [2.24, 2.45) is 11.8 Å². The number of carbonyl (C=O) groups excluding carboxylic acids is 2. The van der Waals surface area contributed by atoms with Gasteiger partial charge in [0.1, 0.15) is 6.54 Å². The van der Waals surface area contributed by atoms with Gasteiger partial charge in [0.05, 0.1) is 19.7 Å². The van der Waals surface area contributed by atoms with Gasteiger partial charge in [-0.05, 0) is 24.3 Å². The highest BCUT2D eigenvalue weighted by Crippen LogP contribution is 2.27. The van der Waals surface area contributed by atoms with Crippen LogP contribution in [0.5, 0.6) is 0 Å². The summed E-state index contributed by atoms with van der Waals surface area (Å²) in [6.45, 7) is 1.34. The van der Waals surface area contributed by atoms with Crippen LogP contribution in [0.15, 0.2) is 30.3 Å². The van der Waals surface area contributed by atoms with E-state index in [9.17, 15) is 14.9 Å². The zero-order chi connectivity index (χ0) is 18.0. The van der Waals surface area contributed by atoms with Crippen molar-refractivity contribution >= 4 is 17.8 Å². The maximum atomic E-state index is 12.5. The van der Waals surface area contributed by atoms with Gasteiger partial charge < -0.3 is 0 Å². The molecule has 1 saturated heterocycles. The van der Waals surface area contributed by atoms with Crippen LogP contribution in [0, 0.1) is 23.2 Å². The molecule has 1 unspecified atom stereocenters. The molecule has 6 nitrogen and oxygen atoms in total. The van der Waals surface area contributed by atoms with E-state index >= 15 is 0 Å². The molecule has 0 spiro atoms. The van der Waals surface area contributed by atoms with Crippen molar-refractivity contribution in [1.82, 2.24) is 9.80 Å². The van der Waals surface area contributed by atoms with E-state index < -0.39 is 17.9 Å². The van der Waals surface area contributed by atoms with E-state index in [4.69, 9.17) is 0 Å². The minimum absolute atomic E-state index is 0.391. The van der Waals surface area contributed by atoms with E-state index in [1.807, 2.05) is 30.3 Å². The molecule has 130 valence electrons. The molecule has 1 heterocycles. The molecule has 1 aliphatic heterocycles. The van der Waals surface area contributed by atoms with Gasteiger partial charge in [-0.1, -0.05) is 36.8 Å². The molecular weight excluding hydrogens is 316 g/mol. The van der Waals surface area contributed by atoms with Crippen molar-refractivity contribution in [2.45, 2.75) is 25.8 Å². The monoisotopic (exact) mass is 339 g/mol. The third-order valence-electron chi connectivity index (χ3n) is 5.13. The SMILES string of the molecule is CN1C(=O)C(C#N)C(=[N+](Cc2ccccc2)CC2CCC2)N(C)C1=O. The number of amidine groups is 1. The molecule has 1 aliphatic carbocycles. The summed E-state index contributed by atoms with van der Waals surface area (Å²) < 4.78 is 2.05. The van der Waals surface area contributed by atoms with Gasteiger partial charge in [0.2, 0.25) is 5.92 Å². The van der Waals surface area contributed by atoms with Gasteiger partial charge in [0.25, 0.3) is 11.7 Å². The molecule has 3 rings (SSSR count). The number of benzene rings is 1. The maximum Gasteiger partial charge on any atom is 0.417 e. The topological polar surface area (TPSA) is 67.4 Å². The van der Waals surface area contributed by atoms with Crippen LogP contribution in [0.3, 0.4) is 0 Å². The maximum absolute atomic E-state index is 12.5. The number of nitriles is 1. The smallest absolute Gasteiger partial charge is 0.272 e. The zero-order valence-corrected chi connectivity index (χ0v) is 14.7. The zero-order valence-electron chi connectivity index (χ0n) is 14.7. The summed E-state index contributed by atoms with van der Waals surface area (Å²) in [5.41, 5.74) is 1.10. The molecule has 2 fully saturated rings. The average Bonchev–Trinajstić information content (AvgIpc) is 2.59. The van der Waals surface area contributed by atoms with Gasteiger partial charge in [-0.15, -0.1) is 0 Å². The Bertz CT molecular complexity index is 746. The third-order valence-corrected chi connectivity index (χ3v) is 5.13. The fourth-order valence-corrected chi connectivity index (χ4v) is 3.45. The predicted octanol–water partition coefficient (Wildman–Crippen LogP) is 2.06. The average molecular weight is 339 g/mol. The fourth-order valence-electron chi connectivity index (χ4n) is 3.45. The van der Waals surface area contributed by atoms with Crippen LogP contribution >= 0.6 is 0 Å². The molecule has 25 heavy (non-hydrogen) atoms. The fraction of sp³-hybridized carbons (Fsp3) is 0.474. The summed E-state index contributed by atoms with van der Waals surface area (Å²) >= 11 is 0. The van der Waals surface area contributed by atoms with Crippen LogP contribution < -0.4 is 0 Å². The highest BCUT2D eigenvalue weighted by atomic mass is 16.2. The summed E-state index contributed by atoms with van der Waals surface area (Å²) in [6.07, 6.45) is 3.53. The highest BCUT2D eigenvalue weighted by molar-refractivity contribution is 6.17. The van der Waals surface area contributed by atoms with Gasteiger partial charge in [0, 0.05) is 7.05 Å². The number of hydrogen-bond acceptors (Lipinski definition) is 3. The van der Waals surface area contributed by atoms with Crippen LogP contribution in [-0.4, -0.2) is 52.8 Å². The summed E-state index contributed by atoms with van der Waals surface area (Å²) in [4.78, 5) is 27.3. The number of amides is 3. The minimum Gasteiger partial charge on any atom is -0.272 e. The first-order chi connectivity index (χ1) is 12.0. The number of hydrogen-bond donors (Lipinski definition) is 0. The Morgan fingerprint density at radius 2 is 1.84 bits per heavy atom. The molecule has 0 N–H and O–H groups in total.